The van der Waals surface area contributed by atoms with E-state index in [9.17, 15) is 26.3 Å². The molecule has 0 saturated heterocycles. The van der Waals surface area contributed by atoms with Gasteiger partial charge in [-0.2, -0.15) is 13.2 Å². The molecule has 3 aromatic rings. The molecule has 0 radical (unpaired) electrons. The fourth-order valence-electron chi connectivity index (χ4n) is 2.55. The van der Waals surface area contributed by atoms with E-state index >= 15 is 0 Å². The Bertz CT molecular complexity index is 965. The topological polar surface area (TPSA) is 48.7 Å². The summed E-state index contributed by atoms with van der Waals surface area (Å²) in [6.07, 6.45) is -6.41. The van der Waals surface area contributed by atoms with Gasteiger partial charge in [0.25, 0.3) is 0 Å². The van der Waals surface area contributed by atoms with Gasteiger partial charge in [-0.1, -0.05) is 6.07 Å². The van der Waals surface area contributed by atoms with Gasteiger partial charge < -0.3 is 9.47 Å². The Morgan fingerprint density at radius 1 is 1.04 bits per heavy atom. The normalized spacial score (nSPS) is 12.6. The Kier molecular flexibility index (Phi) is 4.72. The lowest BCUT2D eigenvalue weighted by atomic mass is 10.0. The lowest BCUT2D eigenvalue weighted by molar-refractivity contribution is -0.274. The van der Waals surface area contributed by atoms with E-state index in [-0.39, 0.29) is 23.5 Å². The van der Waals surface area contributed by atoms with Crippen molar-refractivity contribution in [3.05, 3.63) is 48.0 Å². The summed E-state index contributed by atoms with van der Waals surface area (Å²) in [6.45, 7) is -0.0848. The molecule has 0 atom stereocenters. The summed E-state index contributed by atoms with van der Waals surface area (Å²) >= 11 is 0. The molecule has 0 amide bonds. The van der Waals surface area contributed by atoms with E-state index < -0.39 is 24.0 Å². The van der Waals surface area contributed by atoms with Crippen molar-refractivity contribution in [2.45, 2.75) is 19.1 Å². The van der Waals surface area contributed by atoms with Crippen LogP contribution in [-0.4, -0.2) is 27.8 Å². The highest BCUT2D eigenvalue weighted by molar-refractivity contribution is 5.68. The van der Waals surface area contributed by atoms with Gasteiger partial charge in [0.2, 0.25) is 5.78 Å². The van der Waals surface area contributed by atoms with Gasteiger partial charge in [0, 0.05) is 25.1 Å². The average molecular weight is 391 g/mol. The van der Waals surface area contributed by atoms with Gasteiger partial charge in [-0.3, -0.25) is 4.40 Å². The van der Waals surface area contributed by atoms with Crippen LogP contribution in [0.2, 0.25) is 0 Å². The van der Waals surface area contributed by atoms with Crippen LogP contribution in [0.4, 0.5) is 26.3 Å². The number of ether oxygens (including phenoxy) is 2. The standard InChI is InChI=1S/C16H11F6N3O2/c1-26-8-9-4-11(27-16(20,21)22)2-3-12(9)10-5-23-14-24-6-13(15(17,18)19)25(14)7-10/h2-7H,8H2,1H3. The molecule has 0 N–H and O–H groups in total. The molecule has 1 aromatic carbocycles. The van der Waals surface area contributed by atoms with Crippen molar-refractivity contribution in [1.29, 1.82) is 0 Å². The number of hydrogen-bond acceptors (Lipinski definition) is 4. The highest BCUT2D eigenvalue weighted by atomic mass is 19.4. The molecule has 0 fully saturated rings. The third-order valence-corrected chi connectivity index (χ3v) is 3.58. The van der Waals surface area contributed by atoms with E-state index in [1.165, 1.54) is 19.4 Å². The van der Waals surface area contributed by atoms with Crippen LogP contribution < -0.4 is 4.74 Å². The van der Waals surface area contributed by atoms with Crippen LogP contribution >= 0.6 is 0 Å². The summed E-state index contributed by atoms with van der Waals surface area (Å²) in [7, 11) is 1.33. The van der Waals surface area contributed by atoms with Crippen molar-refractivity contribution < 1.29 is 35.8 Å². The third kappa shape index (κ3) is 4.13. The fraction of sp³-hybridized carbons (Fsp3) is 0.250. The number of benzene rings is 1. The molecular formula is C16H11F6N3O2. The number of methoxy groups -OCH3 is 1. The van der Waals surface area contributed by atoms with Crippen molar-refractivity contribution in [3.63, 3.8) is 0 Å². The maximum absolute atomic E-state index is 13.1. The van der Waals surface area contributed by atoms with Crippen LogP contribution in [0.5, 0.6) is 5.75 Å². The van der Waals surface area contributed by atoms with Crippen molar-refractivity contribution >= 4 is 5.78 Å². The molecule has 5 nitrogen and oxygen atoms in total. The zero-order valence-electron chi connectivity index (χ0n) is 13.6. The maximum atomic E-state index is 13.1. The van der Waals surface area contributed by atoms with Crippen molar-refractivity contribution in [2.24, 2.45) is 0 Å². The molecular weight excluding hydrogens is 380 g/mol. The molecule has 0 aliphatic carbocycles. The van der Waals surface area contributed by atoms with Crippen LogP contribution in [0.1, 0.15) is 11.3 Å². The second-order valence-corrected chi connectivity index (χ2v) is 5.45. The second kappa shape index (κ2) is 6.72. The molecule has 2 heterocycles. The van der Waals surface area contributed by atoms with E-state index in [1.807, 2.05) is 0 Å². The summed E-state index contributed by atoms with van der Waals surface area (Å²) < 4.78 is 86.0. The summed E-state index contributed by atoms with van der Waals surface area (Å²) in [5.41, 5.74) is -0.134. The molecule has 0 spiro atoms. The van der Waals surface area contributed by atoms with Gasteiger partial charge in [0.05, 0.1) is 12.8 Å². The minimum Gasteiger partial charge on any atom is -0.406 e. The number of fused-ring (bicyclic) bond motifs is 1. The molecule has 144 valence electrons. The largest absolute Gasteiger partial charge is 0.573 e. The van der Waals surface area contributed by atoms with E-state index in [2.05, 4.69) is 14.7 Å². The van der Waals surface area contributed by atoms with Crippen LogP contribution in [0.15, 0.2) is 36.8 Å². The zero-order chi connectivity index (χ0) is 19.8. The molecule has 0 bridgehead atoms. The quantitative estimate of drug-likeness (QED) is 0.617. The van der Waals surface area contributed by atoms with Gasteiger partial charge in [0.15, 0.2) is 0 Å². The highest BCUT2D eigenvalue weighted by Gasteiger charge is 2.35. The first kappa shape index (κ1) is 19.0. The monoisotopic (exact) mass is 391 g/mol. The van der Waals surface area contributed by atoms with E-state index in [0.29, 0.717) is 11.8 Å². The Morgan fingerprint density at radius 2 is 1.74 bits per heavy atom. The van der Waals surface area contributed by atoms with Gasteiger partial charge in [0.1, 0.15) is 11.4 Å². The Hall–Kier alpha value is -2.82. The first-order valence-electron chi connectivity index (χ1n) is 7.37. The van der Waals surface area contributed by atoms with Gasteiger partial charge in [-0.15, -0.1) is 13.2 Å². The number of nitrogens with zero attached hydrogens (tertiary/aromatic N) is 3. The third-order valence-electron chi connectivity index (χ3n) is 3.58. The molecule has 0 aliphatic heterocycles. The van der Waals surface area contributed by atoms with Crippen molar-refractivity contribution in [2.75, 3.05) is 7.11 Å². The molecule has 27 heavy (non-hydrogen) atoms. The van der Waals surface area contributed by atoms with Crippen LogP contribution in [0.25, 0.3) is 16.9 Å². The number of imidazole rings is 1. The predicted octanol–water partition coefficient (Wildman–Crippen LogP) is 4.46. The van der Waals surface area contributed by atoms with Crippen molar-refractivity contribution in [3.8, 4) is 16.9 Å². The van der Waals surface area contributed by atoms with Gasteiger partial charge in [-0.25, -0.2) is 9.97 Å². The minimum absolute atomic E-state index is 0.0848. The molecule has 0 aliphatic rings. The number of aromatic nitrogens is 3. The summed E-state index contributed by atoms with van der Waals surface area (Å²) in [4.78, 5) is 7.47. The Labute approximate surface area is 148 Å². The molecule has 0 saturated carbocycles. The highest BCUT2D eigenvalue weighted by Crippen LogP contribution is 2.33. The van der Waals surface area contributed by atoms with Gasteiger partial charge >= 0.3 is 12.5 Å². The number of rotatable bonds is 4. The van der Waals surface area contributed by atoms with E-state index in [0.717, 1.165) is 22.7 Å². The van der Waals surface area contributed by atoms with Crippen molar-refractivity contribution in [1.82, 2.24) is 14.4 Å². The molecule has 2 aromatic heterocycles. The Morgan fingerprint density at radius 3 is 2.37 bits per heavy atom. The Balaban J connectivity index is 2.09. The maximum Gasteiger partial charge on any atom is 0.573 e. The lowest BCUT2D eigenvalue weighted by Crippen LogP contribution is -2.17. The van der Waals surface area contributed by atoms with Crippen LogP contribution in [0, 0.1) is 0 Å². The molecule has 0 unspecified atom stereocenters. The molecule has 11 heteroatoms. The van der Waals surface area contributed by atoms with E-state index in [4.69, 9.17) is 4.74 Å². The predicted molar refractivity (Wildman–Crippen MR) is 80.8 cm³/mol. The number of hydrogen-bond donors (Lipinski definition) is 0. The number of alkyl halides is 6. The lowest BCUT2D eigenvalue weighted by Gasteiger charge is -2.14. The number of halogens is 6. The first-order valence-corrected chi connectivity index (χ1v) is 7.37. The first-order chi connectivity index (χ1) is 12.6. The fourth-order valence-corrected chi connectivity index (χ4v) is 2.55. The average Bonchev–Trinajstić information content (AvgIpc) is 2.97. The zero-order valence-corrected chi connectivity index (χ0v) is 13.6. The summed E-state index contributed by atoms with van der Waals surface area (Å²) in [6, 6.07) is 3.46. The van der Waals surface area contributed by atoms with E-state index in [1.54, 1.807) is 0 Å². The summed E-state index contributed by atoms with van der Waals surface area (Å²) in [5.74, 6) is -0.623. The van der Waals surface area contributed by atoms with Gasteiger partial charge in [-0.05, 0) is 23.3 Å². The smallest absolute Gasteiger partial charge is 0.406 e. The SMILES string of the molecule is COCc1cc(OC(F)(F)F)ccc1-c1cnc2ncc(C(F)(F)F)n2c1. The van der Waals surface area contributed by atoms with Crippen LogP contribution in [-0.2, 0) is 17.5 Å². The summed E-state index contributed by atoms with van der Waals surface area (Å²) in [5, 5.41) is 0. The van der Waals surface area contributed by atoms with Crippen LogP contribution in [0.3, 0.4) is 0 Å². The molecule has 3 rings (SSSR count). The minimum atomic E-state index is -4.87. The second-order valence-electron chi connectivity index (χ2n) is 5.45.